The lowest BCUT2D eigenvalue weighted by atomic mass is 10.0. The maximum absolute atomic E-state index is 12.7. The standard InChI is InChI=1S/C22H30N2O4S/c1-6-21(18-9-13-20(28-4)14-10-18)23-22(25)15-24(29(5,26)27)19-11-7-17(8-12-19)16(2)3/h7-14,16,21H,6,15H2,1-5H3,(H,23,25)/t21-/m0/s1. The second-order valence-corrected chi connectivity index (χ2v) is 9.22. The number of nitrogens with one attached hydrogen (secondary N) is 1. The van der Waals surface area contributed by atoms with Gasteiger partial charge in [0.2, 0.25) is 15.9 Å². The number of methoxy groups -OCH3 is 1. The molecule has 1 N–H and O–H groups in total. The number of rotatable bonds is 9. The first-order chi connectivity index (χ1) is 13.7. The molecule has 0 bridgehead atoms. The third kappa shape index (κ3) is 6.22. The molecule has 0 aromatic heterocycles. The summed E-state index contributed by atoms with van der Waals surface area (Å²) in [5.74, 6) is 0.725. The molecule has 2 aromatic rings. The summed E-state index contributed by atoms with van der Waals surface area (Å²) in [5.41, 5.74) is 2.52. The molecule has 0 aliphatic carbocycles. The van der Waals surface area contributed by atoms with Gasteiger partial charge in [-0.05, 0) is 47.7 Å². The van der Waals surface area contributed by atoms with Gasteiger partial charge in [-0.15, -0.1) is 0 Å². The molecule has 0 saturated heterocycles. The van der Waals surface area contributed by atoms with E-state index in [0.717, 1.165) is 27.4 Å². The van der Waals surface area contributed by atoms with Crippen LogP contribution in [0.15, 0.2) is 48.5 Å². The second-order valence-electron chi connectivity index (χ2n) is 7.32. The van der Waals surface area contributed by atoms with Gasteiger partial charge in [0.25, 0.3) is 0 Å². The first-order valence-corrected chi connectivity index (χ1v) is 11.5. The zero-order chi connectivity index (χ0) is 21.6. The molecule has 158 valence electrons. The molecule has 0 saturated carbocycles. The van der Waals surface area contributed by atoms with Gasteiger partial charge in [0.1, 0.15) is 12.3 Å². The van der Waals surface area contributed by atoms with Crippen LogP contribution in [0.3, 0.4) is 0 Å². The van der Waals surface area contributed by atoms with Gasteiger partial charge in [-0.1, -0.05) is 45.0 Å². The van der Waals surface area contributed by atoms with E-state index in [9.17, 15) is 13.2 Å². The Hall–Kier alpha value is -2.54. The van der Waals surface area contributed by atoms with Gasteiger partial charge < -0.3 is 10.1 Å². The quantitative estimate of drug-likeness (QED) is 0.671. The summed E-state index contributed by atoms with van der Waals surface area (Å²) in [6.07, 6.45) is 1.79. The summed E-state index contributed by atoms with van der Waals surface area (Å²) >= 11 is 0. The number of carbonyl (C=O) groups excluding carboxylic acids is 1. The van der Waals surface area contributed by atoms with Crippen LogP contribution in [0.5, 0.6) is 5.75 Å². The molecular formula is C22H30N2O4S. The van der Waals surface area contributed by atoms with Crippen LogP contribution in [0.1, 0.15) is 50.3 Å². The van der Waals surface area contributed by atoms with E-state index >= 15 is 0 Å². The fraction of sp³-hybridized carbons (Fsp3) is 0.409. The Bertz CT molecular complexity index is 907. The molecule has 0 spiro atoms. The van der Waals surface area contributed by atoms with Crippen molar-refractivity contribution < 1.29 is 17.9 Å². The minimum absolute atomic E-state index is 0.210. The second kappa shape index (κ2) is 9.78. The van der Waals surface area contributed by atoms with E-state index in [0.29, 0.717) is 18.0 Å². The van der Waals surface area contributed by atoms with Gasteiger partial charge in [0.05, 0.1) is 25.1 Å². The van der Waals surface area contributed by atoms with Crippen LogP contribution < -0.4 is 14.4 Å². The van der Waals surface area contributed by atoms with E-state index < -0.39 is 10.0 Å². The smallest absolute Gasteiger partial charge is 0.241 e. The minimum Gasteiger partial charge on any atom is -0.497 e. The lowest BCUT2D eigenvalue weighted by Crippen LogP contribution is -2.41. The van der Waals surface area contributed by atoms with E-state index in [-0.39, 0.29) is 18.5 Å². The Labute approximate surface area is 173 Å². The van der Waals surface area contributed by atoms with Crippen molar-refractivity contribution in [2.75, 3.05) is 24.2 Å². The zero-order valence-corrected chi connectivity index (χ0v) is 18.5. The summed E-state index contributed by atoms with van der Waals surface area (Å²) in [6.45, 7) is 5.84. The lowest BCUT2D eigenvalue weighted by molar-refractivity contribution is -0.120. The molecule has 0 radical (unpaired) electrons. The molecule has 1 amide bonds. The number of anilines is 1. The van der Waals surface area contributed by atoms with Crippen molar-refractivity contribution in [3.8, 4) is 5.75 Å². The van der Waals surface area contributed by atoms with E-state index in [4.69, 9.17) is 4.74 Å². The predicted molar refractivity (Wildman–Crippen MR) is 117 cm³/mol. The first-order valence-electron chi connectivity index (χ1n) is 9.66. The molecule has 0 fully saturated rings. The van der Waals surface area contributed by atoms with E-state index in [1.807, 2.05) is 43.3 Å². The number of nitrogens with zero attached hydrogens (tertiary/aromatic N) is 1. The molecule has 0 aliphatic rings. The highest BCUT2D eigenvalue weighted by molar-refractivity contribution is 7.92. The highest BCUT2D eigenvalue weighted by atomic mass is 32.2. The van der Waals surface area contributed by atoms with Crippen molar-refractivity contribution in [2.45, 2.75) is 39.2 Å². The molecule has 2 aromatic carbocycles. The van der Waals surface area contributed by atoms with Crippen LogP contribution in [0.25, 0.3) is 0 Å². The monoisotopic (exact) mass is 418 g/mol. The van der Waals surface area contributed by atoms with E-state index in [1.54, 1.807) is 19.2 Å². The molecule has 7 heteroatoms. The van der Waals surface area contributed by atoms with Crippen molar-refractivity contribution in [1.82, 2.24) is 5.32 Å². The average Bonchev–Trinajstić information content (AvgIpc) is 2.69. The van der Waals surface area contributed by atoms with E-state index in [2.05, 4.69) is 19.2 Å². The number of amides is 1. The van der Waals surface area contributed by atoms with Crippen LogP contribution >= 0.6 is 0 Å². The molecule has 0 aliphatic heterocycles. The Balaban J connectivity index is 2.16. The summed E-state index contributed by atoms with van der Waals surface area (Å²) in [4.78, 5) is 12.7. The van der Waals surface area contributed by atoms with Crippen molar-refractivity contribution in [3.63, 3.8) is 0 Å². The van der Waals surface area contributed by atoms with Crippen LogP contribution in [0, 0.1) is 0 Å². The highest BCUT2D eigenvalue weighted by Gasteiger charge is 2.22. The van der Waals surface area contributed by atoms with Crippen LogP contribution in [-0.4, -0.2) is 34.2 Å². The fourth-order valence-corrected chi connectivity index (χ4v) is 3.91. The highest BCUT2D eigenvalue weighted by Crippen LogP contribution is 2.23. The summed E-state index contributed by atoms with van der Waals surface area (Å²) < 4.78 is 30.9. The third-order valence-electron chi connectivity index (χ3n) is 4.80. The number of hydrogen-bond acceptors (Lipinski definition) is 4. The molecule has 0 unspecified atom stereocenters. The number of sulfonamides is 1. The molecule has 29 heavy (non-hydrogen) atoms. The van der Waals surface area contributed by atoms with Crippen molar-refractivity contribution in [2.24, 2.45) is 0 Å². The lowest BCUT2D eigenvalue weighted by Gasteiger charge is -2.24. The normalized spacial score (nSPS) is 12.5. The van der Waals surface area contributed by atoms with Gasteiger partial charge in [0, 0.05) is 0 Å². The topological polar surface area (TPSA) is 75.7 Å². The van der Waals surface area contributed by atoms with Crippen molar-refractivity contribution in [3.05, 3.63) is 59.7 Å². The summed E-state index contributed by atoms with van der Waals surface area (Å²) in [6, 6.07) is 14.5. The van der Waals surface area contributed by atoms with Crippen LogP contribution in [0.4, 0.5) is 5.69 Å². The zero-order valence-electron chi connectivity index (χ0n) is 17.7. The molecule has 0 heterocycles. The van der Waals surface area contributed by atoms with Gasteiger partial charge in [-0.3, -0.25) is 9.10 Å². The predicted octanol–water partition coefficient (Wildman–Crippen LogP) is 3.85. The Morgan fingerprint density at radius 2 is 1.59 bits per heavy atom. The molecule has 6 nitrogen and oxygen atoms in total. The first kappa shape index (κ1) is 22.7. The van der Waals surface area contributed by atoms with Crippen molar-refractivity contribution >= 4 is 21.6 Å². The summed E-state index contributed by atoms with van der Waals surface area (Å²) in [5, 5.41) is 2.94. The van der Waals surface area contributed by atoms with Gasteiger partial charge in [-0.25, -0.2) is 8.42 Å². The largest absolute Gasteiger partial charge is 0.497 e. The maximum atomic E-state index is 12.7. The van der Waals surface area contributed by atoms with Crippen LogP contribution in [-0.2, 0) is 14.8 Å². The molecule has 2 rings (SSSR count). The molecular weight excluding hydrogens is 388 g/mol. The van der Waals surface area contributed by atoms with Crippen LogP contribution in [0.2, 0.25) is 0 Å². The third-order valence-corrected chi connectivity index (χ3v) is 5.94. The number of carbonyl (C=O) groups is 1. The number of hydrogen-bond donors (Lipinski definition) is 1. The Morgan fingerprint density at radius 1 is 1.03 bits per heavy atom. The van der Waals surface area contributed by atoms with E-state index in [1.165, 1.54) is 0 Å². The maximum Gasteiger partial charge on any atom is 0.241 e. The Morgan fingerprint density at radius 3 is 2.03 bits per heavy atom. The minimum atomic E-state index is -3.61. The molecule has 1 atom stereocenters. The number of ether oxygens (including phenoxy) is 1. The summed E-state index contributed by atoms with van der Waals surface area (Å²) in [7, 11) is -2.01. The van der Waals surface area contributed by atoms with Gasteiger partial charge >= 0.3 is 0 Å². The van der Waals surface area contributed by atoms with Crippen molar-refractivity contribution in [1.29, 1.82) is 0 Å². The Kier molecular flexibility index (Phi) is 7.67. The number of benzene rings is 2. The van der Waals surface area contributed by atoms with Gasteiger partial charge in [-0.2, -0.15) is 0 Å². The SMILES string of the molecule is CC[C@H](NC(=O)CN(c1ccc(C(C)C)cc1)S(C)(=O)=O)c1ccc(OC)cc1. The average molecular weight is 419 g/mol. The van der Waals surface area contributed by atoms with Gasteiger partial charge in [0.15, 0.2) is 0 Å². The fourth-order valence-electron chi connectivity index (χ4n) is 3.05.